The van der Waals surface area contributed by atoms with Gasteiger partial charge in [0.25, 0.3) is 0 Å². The normalized spacial score (nSPS) is 20.4. The van der Waals surface area contributed by atoms with Crippen LogP contribution in [0.25, 0.3) is 5.57 Å². The Hall–Kier alpha value is -0.570. The summed E-state index contributed by atoms with van der Waals surface area (Å²) >= 11 is 5.90. The van der Waals surface area contributed by atoms with Crippen molar-refractivity contribution in [2.24, 2.45) is 5.92 Å². The minimum atomic E-state index is 0. The average Bonchev–Trinajstić information content (AvgIpc) is 2.18. The molecular formula is C11H14Cl2N2. The summed E-state index contributed by atoms with van der Waals surface area (Å²) in [4.78, 5) is 4.10. The highest BCUT2D eigenvalue weighted by Gasteiger charge is 2.13. The molecule has 82 valence electrons. The molecule has 0 amide bonds. The second-order valence-corrected chi connectivity index (χ2v) is 4.23. The van der Waals surface area contributed by atoms with Crippen LogP contribution < -0.4 is 17.7 Å². The van der Waals surface area contributed by atoms with Crippen molar-refractivity contribution >= 4 is 17.2 Å². The molecule has 0 radical (unpaired) electrons. The van der Waals surface area contributed by atoms with Crippen LogP contribution in [0.1, 0.15) is 12.5 Å². The Morgan fingerprint density at radius 3 is 2.93 bits per heavy atom. The molecule has 0 spiro atoms. The minimum Gasteiger partial charge on any atom is -1.00 e. The fourth-order valence-corrected chi connectivity index (χ4v) is 1.96. The maximum absolute atomic E-state index is 5.90. The molecule has 2 rings (SSSR count). The standard InChI is InChI=1S/C11H13ClN2.ClH/c1-8-2-9(5-13-4-8)10-3-11(12)7-14-6-10;/h2-3,6-8,13H,4-5H2,1H3;1H. The number of rotatable bonds is 1. The zero-order valence-electron chi connectivity index (χ0n) is 8.58. The van der Waals surface area contributed by atoms with Crippen molar-refractivity contribution in [2.45, 2.75) is 6.92 Å². The van der Waals surface area contributed by atoms with Gasteiger partial charge < -0.3 is 17.7 Å². The molecule has 1 aromatic heterocycles. The van der Waals surface area contributed by atoms with Crippen LogP contribution in [0.4, 0.5) is 0 Å². The van der Waals surface area contributed by atoms with E-state index in [9.17, 15) is 0 Å². The molecule has 2 N–H and O–H groups in total. The third kappa shape index (κ3) is 3.20. The van der Waals surface area contributed by atoms with E-state index in [2.05, 4.69) is 23.3 Å². The summed E-state index contributed by atoms with van der Waals surface area (Å²) in [5.74, 6) is 0.637. The molecule has 1 atom stereocenters. The summed E-state index contributed by atoms with van der Waals surface area (Å²) in [5, 5.41) is 3.03. The molecule has 0 fully saturated rings. The van der Waals surface area contributed by atoms with Gasteiger partial charge in [-0.3, -0.25) is 4.98 Å². The van der Waals surface area contributed by atoms with Crippen molar-refractivity contribution in [3.05, 3.63) is 35.1 Å². The molecule has 0 saturated heterocycles. The maximum Gasteiger partial charge on any atom is 0.102 e. The van der Waals surface area contributed by atoms with Gasteiger partial charge in [-0.05, 0) is 6.07 Å². The molecular weight excluding hydrogens is 231 g/mol. The smallest absolute Gasteiger partial charge is 0.102 e. The fourth-order valence-electron chi connectivity index (χ4n) is 1.78. The van der Waals surface area contributed by atoms with Gasteiger partial charge in [-0.1, -0.05) is 24.6 Å². The molecule has 2 nitrogen and oxygen atoms in total. The summed E-state index contributed by atoms with van der Waals surface area (Å²) in [6, 6.07) is 1.98. The summed E-state index contributed by atoms with van der Waals surface area (Å²) in [6.45, 7) is 4.44. The van der Waals surface area contributed by atoms with Crippen molar-refractivity contribution < 1.29 is 17.7 Å². The van der Waals surface area contributed by atoms with E-state index in [0.29, 0.717) is 10.9 Å². The highest BCUT2D eigenvalue weighted by atomic mass is 35.5. The Kier molecular flexibility index (Phi) is 4.58. The highest BCUT2D eigenvalue weighted by molar-refractivity contribution is 6.30. The Balaban J connectivity index is 0.00000112. The first kappa shape index (κ1) is 12.5. The first-order chi connectivity index (χ1) is 6.75. The van der Waals surface area contributed by atoms with E-state index < -0.39 is 0 Å². The van der Waals surface area contributed by atoms with Gasteiger partial charge in [0.05, 0.1) is 11.6 Å². The second-order valence-electron chi connectivity index (χ2n) is 3.79. The molecule has 1 aliphatic rings. The summed E-state index contributed by atoms with van der Waals surface area (Å²) in [5.41, 5.74) is 2.50. The second kappa shape index (κ2) is 5.50. The van der Waals surface area contributed by atoms with E-state index in [1.54, 1.807) is 6.20 Å². The lowest BCUT2D eigenvalue weighted by Gasteiger charge is -2.16. The Labute approximate surface area is 101 Å². The molecule has 4 heteroatoms. The first-order valence-electron chi connectivity index (χ1n) is 4.89. The summed E-state index contributed by atoms with van der Waals surface area (Å²) in [7, 11) is 0. The molecule has 0 bridgehead atoms. The molecule has 1 aliphatic heterocycles. The SMILES string of the molecule is CC1C=C(c2cncc(Cl)c2)C[NH2+]C1.[Cl-]. The number of hydrogen-bond acceptors (Lipinski definition) is 1. The number of nitrogens with two attached hydrogens (primary N) is 1. The lowest BCUT2D eigenvalue weighted by molar-refractivity contribution is -0.650. The molecule has 2 heterocycles. The van der Waals surface area contributed by atoms with Crippen molar-refractivity contribution in [3.63, 3.8) is 0 Å². The molecule has 15 heavy (non-hydrogen) atoms. The van der Waals surface area contributed by atoms with Gasteiger partial charge in [0.15, 0.2) is 0 Å². The molecule has 1 aromatic rings. The third-order valence-corrected chi connectivity index (χ3v) is 2.67. The highest BCUT2D eigenvalue weighted by Crippen LogP contribution is 2.18. The Bertz CT molecular complexity index is 363. The predicted octanol–water partition coefficient (Wildman–Crippen LogP) is -1.66. The Morgan fingerprint density at radius 1 is 1.47 bits per heavy atom. The van der Waals surface area contributed by atoms with Crippen molar-refractivity contribution in [1.29, 1.82) is 0 Å². The van der Waals surface area contributed by atoms with Gasteiger partial charge in [-0.2, -0.15) is 0 Å². The van der Waals surface area contributed by atoms with Crippen LogP contribution in [0.3, 0.4) is 0 Å². The number of pyridine rings is 1. The lowest BCUT2D eigenvalue weighted by atomic mass is 9.99. The van der Waals surface area contributed by atoms with Crippen LogP contribution in [0, 0.1) is 5.92 Å². The number of nitrogens with zero attached hydrogens (tertiary/aromatic N) is 1. The van der Waals surface area contributed by atoms with Crippen LogP contribution >= 0.6 is 11.6 Å². The minimum absolute atomic E-state index is 0. The van der Waals surface area contributed by atoms with Gasteiger partial charge in [-0.15, -0.1) is 0 Å². The summed E-state index contributed by atoms with van der Waals surface area (Å²) in [6.07, 6.45) is 5.86. The predicted molar refractivity (Wildman–Crippen MR) is 58.0 cm³/mol. The van der Waals surface area contributed by atoms with Crippen LogP contribution in [0.2, 0.25) is 5.02 Å². The zero-order valence-corrected chi connectivity index (χ0v) is 10.1. The van der Waals surface area contributed by atoms with E-state index in [4.69, 9.17) is 11.6 Å². The molecule has 0 aliphatic carbocycles. The maximum atomic E-state index is 5.90. The van der Waals surface area contributed by atoms with Gasteiger partial charge in [0.1, 0.15) is 6.54 Å². The van der Waals surface area contributed by atoms with Gasteiger partial charge >= 0.3 is 0 Å². The van der Waals surface area contributed by atoms with Crippen molar-refractivity contribution in [3.8, 4) is 0 Å². The largest absolute Gasteiger partial charge is 1.00 e. The van der Waals surface area contributed by atoms with Crippen LogP contribution in [0.15, 0.2) is 24.5 Å². The number of hydrogen-bond donors (Lipinski definition) is 1. The monoisotopic (exact) mass is 244 g/mol. The number of quaternary nitrogens is 1. The van der Waals surface area contributed by atoms with Crippen molar-refractivity contribution in [1.82, 2.24) is 4.98 Å². The zero-order chi connectivity index (χ0) is 9.97. The average molecular weight is 245 g/mol. The molecule has 1 unspecified atom stereocenters. The van der Waals surface area contributed by atoms with Gasteiger partial charge in [-0.25, -0.2) is 0 Å². The number of halogens is 2. The quantitative estimate of drug-likeness (QED) is 0.630. The van der Waals surface area contributed by atoms with Crippen LogP contribution in [-0.4, -0.2) is 18.1 Å². The van der Waals surface area contributed by atoms with E-state index in [1.165, 1.54) is 12.1 Å². The number of aromatic nitrogens is 1. The first-order valence-corrected chi connectivity index (χ1v) is 5.27. The van der Waals surface area contributed by atoms with Crippen molar-refractivity contribution in [2.75, 3.05) is 13.1 Å². The summed E-state index contributed by atoms with van der Waals surface area (Å²) < 4.78 is 0. The van der Waals surface area contributed by atoms with Crippen LogP contribution in [-0.2, 0) is 0 Å². The van der Waals surface area contributed by atoms with E-state index in [1.807, 2.05) is 12.3 Å². The van der Waals surface area contributed by atoms with Gasteiger partial charge in [0.2, 0.25) is 0 Å². The Morgan fingerprint density at radius 2 is 2.27 bits per heavy atom. The van der Waals surface area contributed by atoms with E-state index in [0.717, 1.165) is 12.1 Å². The van der Waals surface area contributed by atoms with Crippen LogP contribution in [0.5, 0.6) is 0 Å². The fraction of sp³-hybridized carbons (Fsp3) is 0.364. The lowest BCUT2D eigenvalue weighted by Crippen LogP contribution is -3.00. The third-order valence-electron chi connectivity index (χ3n) is 2.46. The van der Waals surface area contributed by atoms with E-state index in [-0.39, 0.29) is 12.4 Å². The molecule has 0 aromatic carbocycles. The van der Waals surface area contributed by atoms with E-state index >= 15 is 0 Å². The molecule has 0 saturated carbocycles. The van der Waals surface area contributed by atoms with Gasteiger partial charge in [0, 0.05) is 29.4 Å². The topological polar surface area (TPSA) is 29.5 Å².